The molecule has 0 bridgehead atoms. The Morgan fingerprint density at radius 3 is 2.71 bits per heavy atom. The standard InChI is InChI=1S/C10H18N4O2S/c1-11-8-6-9(12-4-5-17(3)15)14-10(13-8)7-16-2/h6H,4-5,7H2,1-3H3,(H2,11,12,13,14). The van der Waals surface area contributed by atoms with Crippen LogP contribution in [-0.4, -0.2) is 46.9 Å². The molecule has 6 nitrogen and oxygen atoms in total. The third-order valence-corrected chi connectivity index (χ3v) is 2.78. The van der Waals surface area contributed by atoms with Gasteiger partial charge in [0, 0.05) is 49.6 Å². The van der Waals surface area contributed by atoms with Crippen LogP contribution in [0.5, 0.6) is 0 Å². The molecular formula is C10H18N4O2S. The second kappa shape index (κ2) is 7.18. The summed E-state index contributed by atoms with van der Waals surface area (Å²) in [6.45, 7) is 0.986. The summed E-state index contributed by atoms with van der Waals surface area (Å²) in [5.74, 6) is 2.65. The van der Waals surface area contributed by atoms with Crippen LogP contribution >= 0.6 is 0 Å². The van der Waals surface area contributed by atoms with E-state index in [2.05, 4.69) is 20.6 Å². The number of rotatable bonds is 7. The van der Waals surface area contributed by atoms with Gasteiger partial charge < -0.3 is 15.4 Å². The first-order valence-corrected chi connectivity index (χ1v) is 6.97. The van der Waals surface area contributed by atoms with Crippen molar-refractivity contribution < 1.29 is 8.95 Å². The van der Waals surface area contributed by atoms with E-state index in [0.717, 1.165) is 5.82 Å². The third-order valence-electron chi connectivity index (χ3n) is 2.00. The van der Waals surface area contributed by atoms with Gasteiger partial charge in [0.05, 0.1) is 0 Å². The molecule has 1 aromatic heterocycles. The minimum atomic E-state index is -0.801. The van der Waals surface area contributed by atoms with Crippen molar-refractivity contribution in [2.24, 2.45) is 0 Å². The van der Waals surface area contributed by atoms with Gasteiger partial charge in [-0.2, -0.15) is 0 Å². The van der Waals surface area contributed by atoms with Gasteiger partial charge in [-0.25, -0.2) is 9.97 Å². The number of nitrogens with one attached hydrogen (secondary N) is 2. The largest absolute Gasteiger partial charge is 0.377 e. The van der Waals surface area contributed by atoms with E-state index in [1.54, 1.807) is 26.5 Å². The summed E-state index contributed by atoms with van der Waals surface area (Å²) in [5, 5.41) is 6.07. The molecule has 0 aromatic carbocycles. The van der Waals surface area contributed by atoms with Crippen LogP contribution in [0.2, 0.25) is 0 Å². The lowest BCUT2D eigenvalue weighted by Gasteiger charge is -2.08. The first-order chi connectivity index (χ1) is 8.15. The van der Waals surface area contributed by atoms with Crippen molar-refractivity contribution in [1.82, 2.24) is 9.97 Å². The molecule has 0 radical (unpaired) electrons. The Hall–Kier alpha value is -1.21. The fourth-order valence-electron chi connectivity index (χ4n) is 1.23. The van der Waals surface area contributed by atoms with Gasteiger partial charge in [0.15, 0.2) is 5.82 Å². The normalized spacial score (nSPS) is 12.2. The number of ether oxygens (including phenoxy) is 1. The van der Waals surface area contributed by atoms with Crippen LogP contribution in [0.1, 0.15) is 5.82 Å². The average Bonchev–Trinajstić information content (AvgIpc) is 2.28. The second-order valence-electron chi connectivity index (χ2n) is 3.44. The van der Waals surface area contributed by atoms with Crippen molar-refractivity contribution >= 4 is 22.4 Å². The van der Waals surface area contributed by atoms with Gasteiger partial charge in [-0.05, 0) is 0 Å². The highest BCUT2D eigenvalue weighted by Crippen LogP contribution is 2.11. The number of anilines is 2. The Labute approximate surface area is 104 Å². The number of aromatic nitrogens is 2. The topological polar surface area (TPSA) is 76.1 Å². The summed E-state index contributed by atoms with van der Waals surface area (Å²) in [6, 6.07) is 1.80. The summed E-state index contributed by atoms with van der Waals surface area (Å²) in [7, 11) is 2.59. The van der Waals surface area contributed by atoms with Crippen molar-refractivity contribution in [1.29, 1.82) is 0 Å². The van der Waals surface area contributed by atoms with E-state index in [9.17, 15) is 4.21 Å². The molecule has 0 amide bonds. The van der Waals surface area contributed by atoms with E-state index in [0.29, 0.717) is 30.5 Å². The van der Waals surface area contributed by atoms with Crippen LogP contribution in [0.15, 0.2) is 6.07 Å². The van der Waals surface area contributed by atoms with Crippen molar-refractivity contribution in [2.75, 3.05) is 43.3 Å². The summed E-state index contributed by atoms with van der Waals surface area (Å²) < 4.78 is 15.9. The molecule has 1 rings (SSSR count). The Kier molecular flexibility index (Phi) is 5.85. The highest BCUT2D eigenvalue weighted by Gasteiger charge is 2.03. The Balaban J connectivity index is 2.69. The van der Waals surface area contributed by atoms with Crippen molar-refractivity contribution in [2.45, 2.75) is 6.61 Å². The maximum absolute atomic E-state index is 10.9. The molecule has 1 unspecified atom stereocenters. The SMILES string of the molecule is CNc1cc(NCCS(C)=O)nc(COC)n1. The third kappa shape index (κ3) is 5.10. The van der Waals surface area contributed by atoms with Gasteiger partial charge in [-0.1, -0.05) is 0 Å². The van der Waals surface area contributed by atoms with E-state index in [-0.39, 0.29) is 0 Å². The van der Waals surface area contributed by atoms with Crippen LogP contribution in [0.25, 0.3) is 0 Å². The molecule has 0 fully saturated rings. The van der Waals surface area contributed by atoms with Gasteiger partial charge in [0.1, 0.15) is 18.2 Å². The lowest BCUT2D eigenvalue weighted by atomic mass is 10.4. The first-order valence-electron chi connectivity index (χ1n) is 5.24. The molecule has 0 aliphatic heterocycles. The van der Waals surface area contributed by atoms with Crippen LogP contribution in [-0.2, 0) is 22.1 Å². The Bertz CT molecular complexity index is 387. The second-order valence-corrected chi connectivity index (χ2v) is 5.00. The number of nitrogens with zero attached hydrogens (tertiary/aromatic N) is 2. The summed E-state index contributed by atoms with van der Waals surface area (Å²) in [4.78, 5) is 8.52. The van der Waals surface area contributed by atoms with Crippen LogP contribution < -0.4 is 10.6 Å². The summed E-state index contributed by atoms with van der Waals surface area (Å²) >= 11 is 0. The Morgan fingerprint density at radius 2 is 2.12 bits per heavy atom. The minimum absolute atomic E-state index is 0.365. The zero-order valence-corrected chi connectivity index (χ0v) is 11.1. The van der Waals surface area contributed by atoms with Crippen LogP contribution in [0.4, 0.5) is 11.6 Å². The van der Waals surface area contributed by atoms with Crippen LogP contribution in [0.3, 0.4) is 0 Å². The van der Waals surface area contributed by atoms with Gasteiger partial charge in [-0.3, -0.25) is 4.21 Å². The van der Waals surface area contributed by atoms with Gasteiger partial charge in [-0.15, -0.1) is 0 Å². The maximum Gasteiger partial charge on any atom is 0.158 e. The molecule has 1 aromatic rings. The predicted molar refractivity (Wildman–Crippen MR) is 69.7 cm³/mol. The smallest absolute Gasteiger partial charge is 0.158 e. The highest BCUT2D eigenvalue weighted by atomic mass is 32.2. The lowest BCUT2D eigenvalue weighted by Crippen LogP contribution is -2.12. The van der Waals surface area contributed by atoms with Gasteiger partial charge >= 0.3 is 0 Å². The molecule has 17 heavy (non-hydrogen) atoms. The molecule has 1 atom stereocenters. The fraction of sp³-hybridized carbons (Fsp3) is 0.600. The molecule has 0 saturated carbocycles. The minimum Gasteiger partial charge on any atom is -0.377 e. The van der Waals surface area contributed by atoms with Crippen molar-refractivity contribution in [3.05, 3.63) is 11.9 Å². The molecule has 2 N–H and O–H groups in total. The average molecular weight is 258 g/mol. The van der Waals surface area contributed by atoms with Crippen molar-refractivity contribution in [3.8, 4) is 0 Å². The predicted octanol–water partition coefficient (Wildman–Crippen LogP) is 0.455. The molecule has 0 aliphatic carbocycles. The molecule has 0 spiro atoms. The monoisotopic (exact) mass is 258 g/mol. The Morgan fingerprint density at radius 1 is 1.41 bits per heavy atom. The van der Waals surface area contributed by atoms with Gasteiger partial charge in [0.2, 0.25) is 0 Å². The molecule has 96 valence electrons. The zero-order valence-electron chi connectivity index (χ0n) is 10.3. The number of hydrogen-bond acceptors (Lipinski definition) is 6. The van der Waals surface area contributed by atoms with Gasteiger partial charge in [0.25, 0.3) is 0 Å². The molecule has 7 heteroatoms. The molecule has 0 aliphatic rings. The number of methoxy groups -OCH3 is 1. The van der Waals surface area contributed by atoms with E-state index in [1.807, 2.05) is 0 Å². The highest BCUT2D eigenvalue weighted by molar-refractivity contribution is 7.84. The molecule has 1 heterocycles. The summed E-state index contributed by atoms with van der Waals surface area (Å²) in [6.07, 6.45) is 1.68. The summed E-state index contributed by atoms with van der Waals surface area (Å²) in [5.41, 5.74) is 0. The quantitative estimate of drug-likeness (QED) is 0.740. The molecule has 0 saturated heterocycles. The maximum atomic E-state index is 10.9. The lowest BCUT2D eigenvalue weighted by molar-refractivity contribution is 0.178. The van der Waals surface area contributed by atoms with E-state index in [1.165, 1.54) is 0 Å². The fourth-order valence-corrected chi connectivity index (χ4v) is 1.62. The van der Waals surface area contributed by atoms with Crippen LogP contribution in [0, 0.1) is 0 Å². The molecular weight excluding hydrogens is 240 g/mol. The van der Waals surface area contributed by atoms with Crippen molar-refractivity contribution in [3.63, 3.8) is 0 Å². The van der Waals surface area contributed by atoms with E-state index in [4.69, 9.17) is 4.74 Å². The van der Waals surface area contributed by atoms with E-state index < -0.39 is 10.8 Å². The zero-order chi connectivity index (χ0) is 12.7. The first kappa shape index (κ1) is 13.9. The number of hydrogen-bond donors (Lipinski definition) is 2. The van der Waals surface area contributed by atoms with E-state index >= 15 is 0 Å².